The summed E-state index contributed by atoms with van der Waals surface area (Å²) in [5.41, 5.74) is 5.51. The van der Waals surface area contributed by atoms with Gasteiger partial charge in [0.05, 0.1) is 60.3 Å². The monoisotopic (exact) mass is 2060 g/mol. The second-order valence-electron chi connectivity index (χ2n) is 47.7. The van der Waals surface area contributed by atoms with Crippen LogP contribution in [0.25, 0.3) is 44.1 Å². The standard InChI is InChI=1S/3C27H38N4O2.C22H35BrO2.C5H4N4.3CH4S.H2S/c1-3-27(33)12-9-18-17(14-27)4-5-20-19(18)8-11-26(2)21(20)6-7-22(26)25(32)16-31-24-10-13-28-15-23(24)29-30-31;1-3-27(33)12-9-18-17(14-27)4-5-20-19(18)8-11-26(2)21(20)6-7-22(26)25(32)16-31-24-15-28-13-10-23(24)29-30-31;1-3-27(33)12-9-18-17(14-27)4-5-20-19(18)8-11-26(2)21(20)6-7-22(26)25(32)16-31-29-23-10-13-28-15-24(23)30-31;1-3-22(25)11-9-15-14(12-22)4-5-17-16(15)8-10-21(2)18(17)6-7-19(21)20(24)13-23;1-2-6-3-5-4(1)7-9-8-5;3*1-2;/h3*10,13,15,17-22,33H,3-9,11-12,14,16H2,1-2H3;14-19,25H,3-13H2,1-2H3;1-3H,(H,7,8,9);3*2H,1H3;1H2/t3*17-,18+,19-,20-,21+,22-,26+,27-;14-,15+,16-,17-,18+,19-,21+,22-;;;;;/m1111...../s1/i/hD2. The maximum Gasteiger partial charge on any atom is 0.159 e. The van der Waals surface area contributed by atoms with Crippen LogP contribution in [-0.2, 0) is 38.8 Å². The number of rotatable bonds is 15. The van der Waals surface area contributed by atoms with Crippen LogP contribution >= 0.6 is 67.1 Å². The van der Waals surface area contributed by atoms with Crippen molar-refractivity contribution in [2.75, 3.05) is 24.1 Å². The number of hydrogen-bond acceptors (Lipinski definition) is 23. The summed E-state index contributed by atoms with van der Waals surface area (Å²) < 4.78 is 15.1. The van der Waals surface area contributed by atoms with E-state index in [9.17, 15) is 39.6 Å². The van der Waals surface area contributed by atoms with Crippen molar-refractivity contribution in [1.29, 1.82) is 2.25 Å². The molecule has 24 rings (SSSR count). The number of fused-ring (bicyclic) bond motifs is 24. The molecule has 8 aromatic heterocycles. The highest BCUT2D eigenvalue weighted by atomic mass is 79.9. The number of carbonyl (C=O) groups excluding carboxylic acids is 4. The lowest BCUT2D eigenvalue weighted by atomic mass is 9.48. The SMILES string of the molecule is CC[C@@]1(O)CC[C@H]2[C@H](CC[C@@H]3[C@@H]2CC[C@]2(C)[C@@H](C(=O)CBr)CC[C@@H]32)C1.CC[C@@]1(O)CC[C@H]2[C@H](CC[C@@H]3[C@@H]2CC[C@]2(C)[C@@H](C(=O)Cn4nc5ccncc5n4)CC[C@@H]32)C1.CC[C@@]1(O)CC[C@H]2[C@H](CC[C@@H]3[C@@H]2CC[C@]2(C)[C@@H](C(=O)Cn4nnc5ccncc54)CC[C@@H]32)C1.CC[C@@]1(O)CC[C@H]2[C@H](CC[C@@H]3[C@@H]2CC[C@]2(C)[C@@H](C(=O)Cn4nnc5cnccc54)CC[C@@H]32)C1.CS.CS.CS.[2H]S[2H].c1cc2n[nH]nc2cn1. The van der Waals surface area contributed by atoms with E-state index >= 15 is 0 Å². The van der Waals surface area contributed by atoms with Crippen molar-refractivity contribution in [2.45, 2.75) is 354 Å². The summed E-state index contributed by atoms with van der Waals surface area (Å²) in [7, 11) is 0. The molecule has 16 fully saturated rings. The number of nitrogens with zero attached hydrogens (tertiary/aromatic N) is 15. The number of carbonyl (C=O) groups is 4. The molecule has 0 radical (unpaired) electrons. The molecule has 32 atom stereocenters. The topological polar surface area (TPSA) is 334 Å². The van der Waals surface area contributed by atoms with Gasteiger partial charge in [0.2, 0.25) is 0 Å². The Balaban J connectivity index is 0.000000129. The second kappa shape index (κ2) is 45.0. The normalized spacial score (nSPS) is 40.3. The average Bonchev–Trinajstić information content (AvgIpc) is 1.71. The van der Waals surface area contributed by atoms with Crippen molar-refractivity contribution in [2.24, 2.45) is 164 Å². The van der Waals surface area contributed by atoms with E-state index in [1.54, 1.807) is 88.6 Å². The number of pyridine rings is 4. The molecular formula is C111H167BrN16O8S4. The van der Waals surface area contributed by atoms with Crippen LogP contribution in [0.3, 0.4) is 0 Å². The van der Waals surface area contributed by atoms with Gasteiger partial charge < -0.3 is 20.4 Å². The molecule has 0 saturated heterocycles. The Labute approximate surface area is 866 Å². The molecule has 29 heteroatoms. The molecule has 8 aromatic rings. The van der Waals surface area contributed by atoms with Gasteiger partial charge in [0.15, 0.2) is 17.3 Å². The molecule has 24 nitrogen and oxygen atoms in total. The van der Waals surface area contributed by atoms with Gasteiger partial charge in [-0.2, -0.15) is 81.6 Å². The Morgan fingerprint density at radius 2 is 0.671 bits per heavy atom. The third-order valence-corrected chi connectivity index (χ3v) is 43.2. The number of aromatic amines is 1. The Morgan fingerprint density at radius 1 is 0.364 bits per heavy atom. The van der Waals surface area contributed by atoms with Gasteiger partial charge in [0.1, 0.15) is 64.0 Å². The molecule has 16 saturated carbocycles. The van der Waals surface area contributed by atoms with E-state index in [0.29, 0.717) is 83.0 Å². The van der Waals surface area contributed by atoms with Gasteiger partial charge in [-0.1, -0.05) is 81.7 Å². The first-order valence-corrected chi connectivity index (χ1v) is 58.3. The fourth-order valence-corrected chi connectivity index (χ4v) is 35.9. The average molecular weight is 2060 g/mol. The van der Waals surface area contributed by atoms with E-state index in [0.717, 1.165) is 230 Å². The maximum atomic E-state index is 13.6. The summed E-state index contributed by atoms with van der Waals surface area (Å²) in [5, 5.41) is 80.1. The maximum absolute atomic E-state index is 13.6. The lowest BCUT2D eigenvalue weighted by Crippen LogP contribution is -2.51. The van der Waals surface area contributed by atoms with Crippen molar-refractivity contribution in [3.8, 4) is 0 Å². The summed E-state index contributed by atoms with van der Waals surface area (Å²) in [6, 6.07) is 7.40. The number of Topliss-reactive ketones (excluding diaryl/α,β-unsaturated/α-hetero) is 4. The van der Waals surface area contributed by atoms with Gasteiger partial charge in [0, 0.05) is 48.5 Å². The van der Waals surface area contributed by atoms with Gasteiger partial charge in [0.25, 0.3) is 0 Å². The van der Waals surface area contributed by atoms with Crippen LogP contribution in [0.2, 0.25) is 0 Å². The molecule has 16 aliphatic rings. The Hall–Kier alpha value is -5.40. The van der Waals surface area contributed by atoms with E-state index in [-0.39, 0.29) is 64.9 Å². The molecule has 0 spiro atoms. The Bertz CT molecular complexity index is 5310. The Morgan fingerprint density at radius 3 is 1.04 bits per heavy atom. The first-order valence-electron chi connectivity index (χ1n) is 55.4. The molecule has 16 aliphatic carbocycles. The van der Waals surface area contributed by atoms with Crippen molar-refractivity contribution in [3.05, 3.63) is 73.8 Å². The molecule has 0 bridgehead atoms. The minimum absolute atomic E-state index is 0.123. The van der Waals surface area contributed by atoms with Crippen LogP contribution in [0.4, 0.5) is 0 Å². The van der Waals surface area contributed by atoms with Crippen LogP contribution < -0.4 is 0 Å². The summed E-state index contributed by atoms with van der Waals surface area (Å²) in [4.78, 5) is 71.0. The van der Waals surface area contributed by atoms with Gasteiger partial charge in [-0.15, -0.1) is 10.2 Å². The second-order valence-corrected chi connectivity index (χ2v) is 48.3. The van der Waals surface area contributed by atoms with E-state index < -0.39 is 16.8 Å². The molecule has 0 aromatic carbocycles. The largest absolute Gasteiger partial charge is 0.390 e. The molecule has 0 aliphatic heterocycles. The zero-order chi connectivity index (χ0) is 101. The Kier molecular flexibility index (Phi) is 33.6. The quantitative estimate of drug-likeness (QED) is 0.0349. The molecule has 140 heavy (non-hydrogen) atoms. The highest BCUT2D eigenvalue weighted by Gasteiger charge is 2.65. The van der Waals surface area contributed by atoms with E-state index in [2.05, 4.69) is 175 Å². The fourth-order valence-electron chi connectivity index (χ4n) is 35.6. The smallest absolute Gasteiger partial charge is 0.159 e. The van der Waals surface area contributed by atoms with Crippen molar-refractivity contribution < 1.29 is 39.6 Å². The van der Waals surface area contributed by atoms with Crippen LogP contribution in [0.15, 0.2) is 73.8 Å². The number of halogens is 1. The molecule has 0 amide bonds. The third kappa shape index (κ3) is 20.8. The summed E-state index contributed by atoms with van der Waals surface area (Å²) in [5.74, 6) is 17.5. The zero-order valence-corrected chi connectivity index (χ0v) is 90.7. The van der Waals surface area contributed by atoms with E-state index in [1.165, 1.54) is 154 Å². The number of aromatic nitrogens is 16. The lowest BCUT2D eigenvalue weighted by molar-refractivity contribution is -0.134. The molecular weight excluding hydrogens is 1890 g/mol. The predicted octanol–water partition coefficient (Wildman–Crippen LogP) is 21.9. The van der Waals surface area contributed by atoms with Gasteiger partial charge in [-0.3, -0.25) is 39.1 Å². The highest BCUT2D eigenvalue weighted by Crippen LogP contribution is 2.71. The third-order valence-electron chi connectivity index (χ3n) is 42.6. The molecule has 0 unspecified atom stereocenters. The number of aliphatic hydroxyl groups is 4. The van der Waals surface area contributed by atoms with Crippen LogP contribution in [0.5, 0.6) is 0 Å². The summed E-state index contributed by atoms with van der Waals surface area (Å²) in [6.07, 6.45) is 64.7. The molecule has 8 heterocycles. The summed E-state index contributed by atoms with van der Waals surface area (Å²) >= 11 is 14.3. The van der Waals surface area contributed by atoms with Crippen LogP contribution in [-0.4, -0.2) is 173 Å². The highest BCUT2D eigenvalue weighted by molar-refractivity contribution is 9.09. The van der Waals surface area contributed by atoms with Gasteiger partial charge >= 0.3 is 0 Å². The number of nitrogens with one attached hydrogen (secondary N) is 1. The molecule has 770 valence electrons. The summed E-state index contributed by atoms with van der Waals surface area (Å²) in [6.45, 7) is 19.2. The minimum Gasteiger partial charge on any atom is -0.390 e. The molecule has 5 N–H and O–H groups in total. The zero-order valence-electron chi connectivity index (χ0n) is 87.7. The first-order chi connectivity index (χ1) is 68.5. The van der Waals surface area contributed by atoms with Gasteiger partial charge in [-0.05, 0) is 440 Å². The van der Waals surface area contributed by atoms with Crippen molar-refractivity contribution in [1.82, 2.24) is 80.3 Å². The predicted molar refractivity (Wildman–Crippen MR) is 570 cm³/mol. The first kappa shape index (κ1) is 105. The number of ketones is 4. The number of hydrogen-bond donors (Lipinski definition) is 8. The number of thiol groups is 3. The van der Waals surface area contributed by atoms with Crippen molar-refractivity contribution in [3.63, 3.8) is 0 Å². The number of alkyl halides is 1. The van der Waals surface area contributed by atoms with Crippen molar-refractivity contribution >= 4 is 134 Å². The fraction of sp³-hybridized carbons (Fsp3) is 0.784. The minimum atomic E-state index is -0.414. The van der Waals surface area contributed by atoms with E-state index in [4.69, 9.17) is 2.25 Å². The van der Waals surface area contributed by atoms with E-state index in [1.807, 2.05) is 18.2 Å². The van der Waals surface area contributed by atoms with Crippen LogP contribution in [0.1, 0.15) is 312 Å². The number of H-pyrrole nitrogens is 1. The van der Waals surface area contributed by atoms with Gasteiger partial charge in [-0.25, -0.2) is 9.36 Å². The lowest BCUT2D eigenvalue weighted by Gasteiger charge is -2.57. The van der Waals surface area contributed by atoms with Crippen LogP contribution in [0, 0.1) is 164 Å².